The van der Waals surface area contributed by atoms with Crippen molar-refractivity contribution in [2.24, 2.45) is 7.05 Å². The summed E-state index contributed by atoms with van der Waals surface area (Å²) in [7, 11) is 1.84. The lowest BCUT2D eigenvalue weighted by atomic mass is 10.2. The summed E-state index contributed by atoms with van der Waals surface area (Å²) >= 11 is 0. The number of benzene rings is 1. The first-order chi connectivity index (χ1) is 11.7. The Morgan fingerprint density at radius 1 is 1.33 bits per heavy atom. The van der Waals surface area contributed by atoms with Crippen LogP contribution in [0.5, 0.6) is 0 Å². The van der Waals surface area contributed by atoms with Crippen LogP contribution in [0, 0.1) is 0 Å². The smallest absolute Gasteiger partial charge is 0.407 e. The average molecular weight is 332 g/mol. The molecule has 24 heavy (non-hydrogen) atoms. The number of hydrogen-bond donors (Lipinski definition) is 3. The van der Waals surface area contributed by atoms with Crippen LogP contribution in [0.15, 0.2) is 42.7 Å². The van der Waals surface area contributed by atoms with Gasteiger partial charge in [0.25, 0.3) is 0 Å². The van der Waals surface area contributed by atoms with Crippen molar-refractivity contribution in [2.45, 2.75) is 19.1 Å². The molecule has 7 heteroatoms. The van der Waals surface area contributed by atoms with Gasteiger partial charge >= 0.3 is 6.09 Å². The fourth-order valence-electron chi connectivity index (χ4n) is 2.24. The van der Waals surface area contributed by atoms with Crippen LogP contribution < -0.4 is 10.6 Å². The molecule has 1 atom stereocenters. The Hall–Kier alpha value is -2.38. The molecule has 0 saturated heterocycles. The lowest BCUT2D eigenvalue weighted by Crippen LogP contribution is -2.30. The van der Waals surface area contributed by atoms with Crippen LogP contribution in [0.2, 0.25) is 0 Å². The minimum atomic E-state index is -0.426. The van der Waals surface area contributed by atoms with Gasteiger partial charge in [0.05, 0.1) is 18.8 Å². The van der Waals surface area contributed by atoms with Gasteiger partial charge in [0.15, 0.2) is 0 Å². The van der Waals surface area contributed by atoms with Gasteiger partial charge in [0.1, 0.15) is 6.61 Å². The van der Waals surface area contributed by atoms with Gasteiger partial charge < -0.3 is 20.5 Å². The van der Waals surface area contributed by atoms with E-state index in [1.807, 2.05) is 43.6 Å². The van der Waals surface area contributed by atoms with Crippen molar-refractivity contribution in [3.63, 3.8) is 0 Å². The maximum absolute atomic E-state index is 11.6. The second-order valence-corrected chi connectivity index (χ2v) is 5.48. The molecule has 1 aromatic heterocycles. The average Bonchev–Trinajstić information content (AvgIpc) is 3.03. The number of carbonyl (C=O) groups is 1. The van der Waals surface area contributed by atoms with Crippen LogP contribution >= 0.6 is 0 Å². The number of carbonyl (C=O) groups excluding carboxylic acids is 1. The van der Waals surface area contributed by atoms with Crippen LogP contribution in [0.1, 0.15) is 23.6 Å². The fourth-order valence-corrected chi connectivity index (χ4v) is 2.24. The molecule has 3 N–H and O–H groups in total. The molecule has 0 saturated carbocycles. The standard InChI is InChI=1S/C17H24N4O3/c1-21-11-15(10-20-21)16(12-22)18-8-5-9-19-17(23)24-13-14-6-3-2-4-7-14/h2-4,6-7,10-11,16,18,22H,5,8-9,12-13H2,1H3,(H,19,23). The first kappa shape index (κ1) is 18.0. The third-order valence-corrected chi connectivity index (χ3v) is 3.54. The van der Waals surface area contributed by atoms with Gasteiger partial charge in [-0.15, -0.1) is 0 Å². The topological polar surface area (TPSA) is 88.4 Å². The second-order valence-electron chi connectivity index (χ2n) is 5.48. The van der Waals surface area contributed by atoms with Gasteiger partial charge in [0, 0.05) is 25.4 Å². The van der Waals surface area contributed by atoms with Crippen LogP contribution in [0.25, 0.3) is 0 Å². The Morgan fingerprint density at radius 2 is 2.12 bits per heavy atom. The van der Waals surface area contributed by atoms with E-state index < -0.39 is 6.09 Å². The largest absolute Gasteiger partial charge is 0.445 e. The molecule has 1 heterocycles. The lowest BCUT2D eigenvalue weighted by molar-refractivity contribution is 0.139. The van der Waals surface area contributed by atoms with Crippen molar-refractivity contribution < 1.29 is 14.6 Å². The molecule has 7 nitrogen and oxygen atoms in total. The highest BCUT2D eigenvalue weighted by molar-refractivity contribution is 5.67. The Labute approximate surface area is 141 Å². The predicted octanol–water partition coefficient (Wildman–Crippen LogP) is 1.36. The summed E-state index contributed by atoms with van der Waals surface area (Å²) in [6.45, 7) is 1.43. The molecule has 1 amide bonds. The number of alkyl carbamates (subject to hydrolysis) is 1. The van der Waals surface area contributed by atoms with Crippen molar-refractivity contribution >= 4 is 6.09 Å². The molecule has 1 aromatic carbocycles. The van der Waals surface area contributed by atoms with Crippen LogP contribution in [0.3, 0.4) is 0 Å². The number of hydrogen-bond acceptors (Lipinski definition) is 5. The number of aromatic nitrogens is 2. The van der Waals surface area contributed by atoms with E-state index in [4.69, 9.17) is 4.74 Å². The van der Waals surface area contributed by atoms with Gasteiger partial charge in [0.2, 0.25) is 0 Å². The van der Waals surface area contributed by atoms with E-state index in [2.05, 4.69) is 15.7 Å². The zero-order valence-corrected chi connectivity index (χ0v) is 13.8. The number of aliphatic hydroxyl groups excluding tert-OH is 1. The van der Waals surface area contributed by atoms with Crippen molar-refractivity contribution in [2.75, 3.05) is 19.7 Å². The molecule has 0 spiro atoms. The normalized spacial score (nSPS) is 11.9. The quantitative estimate of drug-likeness (QED) is 0.604. The summed E-state index contributed by atoms with van der Waals surface area (Å²) in [5.41, 5.74) is 1.90. The molecule has 2 aromatic rings. The second kappa shape index (κ2) is 9.69. The molecular weight excluding hydrogens is 308 g/mol. The fraction of sp³-hybridized carbons (Fsp3) is 0.412. The maximum atomic E-state index is 11.6. The zero-order valence-electron chi connectivity index (χ0n) is 13.8. The van der Waals surface area contributed by atoms with Gasteiger partial charge in [-0.2, -0.15) is 5.10 Å². The highest BCUT2D eigenvalue weighted by atomic mass is 16.5. The molecular formula is C17H24N4O3. The summed E-state index contributed by atoms with van der Waals surface area (Å²) in [5, 5.41) is 19.5. The van der Waals surface area contributed by atoms with Crippen molar-refractivity contribution in [1.82, 2.24) is 20.4 Å². The first-order valence-corrected chi connectivity index (χ1v) is 7.96. The van der Waals surface area contributed by atoms with E-state index in [0.717, 1.165) is 17.5 Å². The molecule has 0 fully saturated rings. The zero-order chi connectivity index (χ0) is 17.2. The van der Waals surface area contributed by atoms with E-state index in [1.165, 1.54) is 0 Å². The highest BCUT2D eigenvalue weighted by Gasteiger charge is 2.11. The van der Waals surface area contributed by atoms with Gasteiger partial charge in [-0.3, -0.25) is 4.68 Å². The number of rotatable bonds is 9. The molecule has 0 aliphatic rings. The van der Waals surface area contributed by atoms with E-state index in [9.17, 15) is 9.90 Å². The third kappa shape index (κ3) is 6.02. The van der Waals surface area contributed by atoms with Crippen LogP contribution in [-0.4, -0.2) is 40.7 Å². The molecule has 0 bridgehead atoms. The number of ether oxygens (including phenoxy) is 1. The highest BCUT2D eigenvalue weighted by Crippen LogP contribution is 2.10. The SMILES string of the molecule is Cn1cc(C(CO)NCCCNC(=O)OCc2ccccc2)cn1. The Bertz CT molecular complexity index is 615. The number of aryl methyl sites for hydroxylation is 1. The van der Waals surface area contributed by atoms with E-state index >= 15 is 0 Å². The van der Waals surface area contributed by atoms with Gasteiger partial charge in [-0.05, 0) is 18.5 Å². The Morgan fingerprint density at radius 3 is 2.79 bits per heavy atom. The first-order valence-electron chi connectivity index (χ1n) is 7.96. The van der Waals surface area contributed by atoms with Crippen LogP contribution in [0.4, 0.5) is 4.79 Å². The Kier molecular flexibility index (Phi) is 7.25. The number of amides is 1. The lowest BCUT2D eigenvalue weighted by Gasteiger charge is -2.14. The molecule has 0 aliphatic carbocycles. The molecule has 1 unspecified atom stereocenters. The van der Waals surface area contributed by atoms with E-state index in [1.54, 1.807) is 10.9 Å². The summed E-state index contributed by atoms with van der Waals surface area (Å²) < 4.78 is 6.83. The van der Waals surface area contributed by atoms with Gasteiger partial charge in [-0.25, -0.2) is 4.79 Å². The predicted molar refractivity (Wildman–Crippen MR) is 90.3 cm³/mol. The van der Waals surface area contributed by atoms with Gasteiger partial charge in [-0.1, -0.05) is 30.3 Å². The monoisotopic (exact) mass is 332 g/mol. The minimum Gasteiger partial charge on any atom is -0.445 e. The minimum absolute atomic E-state index is 0.00175. The third-order valence-electron chi connectivity index (χ3n) is 3.54. The van der Waals surface area contributed by atoms with Crippen molar-refractivity contribution in [3.05, 3.63) is 53.9 Å². The number of aliphatic hydroxyl groups is 1. The summed E-state index contributed by atoms with van der Waals surface area (Å²) in [6, 6.07) is 9.39. The van der Waals surface area contributed by atoms with Crippen LogP contribution in [-0.2, 0) is 18.4 Å². The molecule has 0 aliphatic heterocycles. The number of nitrogens with zero attached hydrogens (tertiary/aromatic N) is 2. The molecule has 130 valence electrons. The van der Waals surface area contributed by atoms with Crippen molar-refractivity contribution in [1.29, 1.82) is 0 Å². The Balaban J connectivity index is 1.58. The number of nitrogens with one attached hydrogen (secondary N) is 2. The maximum Gasteiger partial charge on any atom is 0.407 e. The summed E-state index contributed by atoms with van der Waals surface area (Å²) in [6.07, 6.45) is 3.90. The summed E-state index contributed by atoms with van der Waals surface area (Å²) in [5.74, 6) is 0. The molecule has 2 rings (SSSR count). The van der Waals surface area contributed by atoms with E-state index in [-0.39, 0.29) is 19.3 Å². The van der Waals surface area contributed by atoms with E-state index in [0.29, 0.717) is 13.1 Å². The van der Waals surface area contributed by atoms with Crippen molar-refractivity contribution in [3.8, 4) is 0 Å². The summed E-state index contributed by atoms with van der Waals surface area (Å²) in [4.78, 5) is 11.6. The molecule has 0 radical (unpaired) electrons.